The molecule has 0 unspecified atom stereocenters. The van der Waals surface area contributed by atoms with E-state index in [9.17, 15) is 9.59 Å². The minimum atomic E-state index is -1.00. The highest BCUT2D eigenvalue weighted by molar-refractivity contribution is 5.76. The summed E-state index contributed by atoms with van der Waals surface area (Å²) in [6, 6.07) is 38.6. The predicted molar refractivity (Wildman–Crippen MR) is 198 cm³/mol. The number of rotatable bonds is 17. The van der Waals surface area contributed by atoms with E-state index in [0.29, 0.717) is 6.61 Å². The van der Waals surface area contributed by atoms with Crippen molar-refractivity contribution in [1.82, 2.24) is 5.32 Å². The third-order valence-electron chi connectivity index (χ3n) is 8.54. The lowest BCUT2D eigenvalue weighted by atomic mass is 9.89. The fourth-order valence-corrected chi connectivity index (χ4v) is 6.12. The van der Waals surface area contributed by atoms with Crippen LogP contribution < -0.4 is 5.32 Å². The van der Waals surface area contributed by atoms with Crippen LogP contribution in [0.25, 0.3) is 0 Å². The maximum atomic E-state index is 13.7. The lowest BCUT2D eigenvalue weighted by Gasteiger charge is -2.46. The van der Waals surface area contributed by atoms with E-state index in [1.54, 1.807) is 0 Å². The van der Waals surface area contributed by atoms with Gasteiger partial charge in [0.05, 0.1) is 45.2 Å². The number of hydrogen-bond donors (Lipinski definition) is 1. The van der Waals surface area contributed by atoms with Gasteiger partial charge in [-0.15, -0.1) is 0 Å². The van der Waals surface area contributed by atoms with Gasteiger partial charge in [0.1, 0.15) is 23.9 Å². The van der Waals surface area contributed by atoms with Crippen molar-refractivity contribution in [2.45, 2.75) is 103 Å². The first-order valence-corrected chi connectivity index (χ1v) is 17.9. The average Bonchev–Trinajstić information content (AvgIpc) is 3.14. The highest BCUT2D eigenvalue weighted by Crippen LogP contribution is 2.32. The molecule has 0 bridgehead atoms. The molecule has 1 amide bonds. The second-order valence-electron chi connectivity index (χ2n) is 14.0. The van der Waals surface area contributed by atoms with Crippen molar-refractivity contribution in [2.24, 2.45) is 0 Å². The van der Waals surface area contributed by atoms with E-state index in [1.807, 2.05) is 142 Å². The summed E-state index contributed by atoms with van der Waals surface area (Å²) in [5.74, 6) is -0.789. The van der Waals surface area contributed by atoms with Crippen molar-refractivity contribution in [1.29, 1.82) is 0 Å². The molecule has 1 aliphatic rings. The lowest BCUT2D eigenvalue weighted by Crippen LogP contribution is -2.65. The van der Waals surface area contributed by atoms with E-state index in [2.05, 4.69) is 5.32 Å². The number of hydrogen-bond acceptors (Lipinski definition) is 8. The molecule has 1 N–H and O–H groups in total. The van der Waals surface area contributed by atoms with E-state index >= 15 is 0 Å². The number of esters is 1. The maximum Gasteiger partial charge on any atom is 0.335 e. The third kappa shape index (κ3) is 12.4. The van der Waals surface area contributed by atoms with Crippen LogP contribution in [0, 0.1) is 0 Å². The first-order chi connectivity index (χ1) is 25.1. The summed E-state index contributed by atoms with van der Waals surface area (Å²) in [6.07, 6.45) is -3.90. The molecule has 5 rings (SSSR count). The van der Waals surface area contributed by atoms with Crippen molar-refractivity contribution in [3.63, 3.8) is 0 Å². The van der Waals surface area contributed by atoms with Gasteiger partial charge >= 0.3 is 5.97 Å². The zero-order chi connectivity index (χ0) is 36.8. The van der Waals surface area contributed by atoms with Crippen molar-refractivity contribution >= 4 is 11.9 Å². The summed E-state index contributed by atoms with van der Waals surface area (Å²) < 4.78 is 38.9. The fraction of sp³-hybridized carbons (Fsp3) is 0.395. The first kappa shape index (κ1) is 38.8. The van der Waals surface area contributed by atoms with Crippen LogP contribution in [0.1, 0.15) is 56.4 Å². The van der Waals surface area contributed by atoms with Gasteiger partial charge in [-0.25, -0.2) is 4.79 Å². The van der Waals surface area contributed by atoms with E-state index in [1.165, 1.54) is 6.92 Å². The number of ether oxygens (including phenoxy) is 6. The largest absolute Gasteiger partial charge is 0.458 e. The normalized spacial score (nSPS) is 20.1. The summed E-state index contributed by atoms with van der Waals surface area (Å²) in [6.45, 7) is 8.15. The Kier molecular flexibility index (Phi) is 14.5. The molecule has 0 radical (unpaired) electrons. The van der Waals surface area contributed by atoms with Crippen LogP contribution in [0.5, 0.6) is 0 Å². The van der Waals surface area contributed by atoms with Gasteiger partial charge in [0.15, 0.2) is 6.10 Å². The van der Waals surface area contributed by atoms with E-state index in [-0.39, 0.29) is 38.8 Å². The number of benzene rings is 4. The third-order valence-corrected chi connectivity index (χ3v) is 8.54. The number of carbonyl (C=O) groups is 2. The summed E-state index contributed by atoms with van der Waals surface area (Å²) in [4.78, 5) is 26.6. The van der Waals surface area contributed by atoms with Gasteiger partial charge in [-0.1, -0.05) is 121 Å². The molecule has 1 fully saturated rings. The van der Waals surface area contributed by atoms with Gasteiger partial charge in [-0.05, 0) is 43.0 Å². The van der Waals surface area contributed by atoms with Crippen molar-refractivity contribution in [3.8, 4) is 0 Å². The van der Waals surface area contributed by atoms with Gasteiger partial charge in [0, 0.05) is 13.3 Å². The molecular weight excluding hydrogens is 658 g/mol. The Labute approximate surface area is 307 Å². The van der Waals surface area contributed by atoms with Gasteiger partial charge in [0.2, 0.25) is 5.91 Å². The highest BCUT2D eigenvalue weighted by atomic mass is 16.6. The van der Waals surface area contributed by atoms with Crippen molar-refractivity contribution in [3.05, 3.63) is 144 Å². The molecule has 1 aliphatic heterocycles. The Hall–Kier alpha value is -4.38. The topological polar surface area (TPSA) is 102 Å². The molecule has 0 spiro atoms. The molecule has 0 aromatic heterocycles. The summed E-state index contributed by atoms with van der Waals surface area (Å²) in [7, 11) is 0. The zero-order valence-electron chi connectivity index (χ0n) is 30.5. The first-order valence-electron chi connectivity index (χ1n) is 17.9. The van der Waals surface area contributed by atoms with E-state index in [0.717, 1.165) is 22.3 Å². The van der Waals surface area contributed by atoms with Crippen LogP contribution in [0.15, 0.2) is 121 Å². The zero-order valence-corrected chi connectivity index (χ0v) is 30.5. The fourth-order valence-electron chi connectivity index (χ4n) is 6.12. The lowest BCUT2D eigenvalue weighted by molar-refractivity contribution is -0.227. The Morgan fingerprint density at radius 2 is 1.19 bits per heavy atom. The van der Waals surface area contributed by atoms with Crippen LogP contribution in [0.4, 0.5) is 0 Å². The second kappa shape index (κ2) is 19.5. The smallest absolute Gasteiger partial charge is 0.335 e. The van der Waals surface area contributed by atoms with Crippen LogP contribution in [-0.4, -0.2) is 60.6 Å². The van der Waals surface area contributed by atoms with Crippen LogP contribution in [0.3, 0.4) is 0 Å². The van der Waals surface area contributed by atoms with E-state index < -0.39 is 48.1 Å². The highest BCUT2D eigenvalue weighted by Gasteiger charge is 2.49. The monoisotopic (exact) mass is 709 g/mol. The van der Waals surface area contributed by atoms with Gasteiger partial charge in [0.25, 0.3) is 0 Å². The van der Waals surface area contributed by atoms with Crippen molar-refractivity contribution < 1.29 is 38.0 Å². The summed E-state index contributed by atoms with van der Waals surface area (Å²) in [5.41, 5.74) is 3.12. The molecule has 4 aromatic rings. The molecular formula is C43H51NO8. The Balaban J connectivity index is 1.52. The van der Waals surface area contributed by atoms with Crippen molar-refractivity contribution in [2.75, 3.05) is 6.61 Å². The molecule has 1 saturated heterocycles. The molecule has 276 valence electrons. The Morgan fingerprint density at radius 1 is 0.712 bits per heavy atom. The average molecular weight is 710 g/mol. The van der Waals surface area contributed by atoms with Gasteiger partial charge in [-0.2, -0.15) is 0 Å². The molecule has 1 heterocycles. The molecule has 52 heavy (non-hydrogen) atoms. The Bertz CT molecular complexity index is 1630. The van der Waals surface area contributed by atoms with Crippen LogP contribution in [-0.2, 0) is 64.4 Å². The Morgan fingerprint density at radius 3 is 1.69 bits per heavy atom. The SMILES string of the molecule is CC(=O)N[C@H]1[C@H]([C@H](OCc2ccccc2)[C@@H](COCc2ccccc2)OCc2ccccc2)O[C@@H](C(=O)OC(C)(C)C)C[C@@H]1OCc1ccccc1. The second-order valence-corrected chi connectivity index (χ2v) is 14.0. The quantitative estimate of drug-likeness (QED) is 0.118. The molecule has 9 nitrogen and oxygen atoms in total. The molecule has 9 heteroatoms. The summed E-state index contributed by atoms with van der Waals surface area (Å²) in [5, 5.41) is 3.10. The van der Waals surface area contributed by atoms with Crippen LogP contribution in [0.2, 0.25) is 0 Å². The minimum Gasteiger partial charge on any atom is -0.458 e. The molecule has 0 saturated carbocycles. The summed E-state index contributed by atoms with van der Waals surface area (Å²) >= 11 is 0. The van der Waals surface area contributed by atoms with E-state index in [4.69, 9.17) is 28.4 Å². The standard InChI is InChI=1S/C43H51NO8/c1-31(45)44-39-36(48-27-33-19-11-6-12-20-33)25-37(42(46)52-43(2,3)4)51-41(39)40(50-29-35-23-15-8-16-24-35)38(49-28-34-21-13-7-14-22-34)30-47-26-32-17-9-5-10-18-32/h5-24,36-41H,25-30H2,1-4H3,(H,44,45)/t36-,37+,38+,39+,40+,41+/m0/s1. The molecule has 0 aliphatic carbocycles. The van der Waals surface area contributed by atoms with Gasteiger partial charge < -0.3 is 33.7 Å². The minimum absolute atomic E-state index is 0.139. The van der Waals surface area contributed by atoms with Gasteiger partial charge in [-0.3, -0.25) is 4.79 Å². The number of amides is 1. The molecule has 6 atom stereocenters. The predicted octanol–water partition coefficient (Wildman–Crippen LogP) is 6.96. The maximum absolute atomic E-state index is 13.7. The van der Waals surface area contributed by atoms with Crippen LogP contribution >= 0.6 is 0 Å². The number of nitrogens with one attached hydrogen (secondary N) is 1. The molecule has 4 aromatic carbocycles. The number of carbonyl (C=O) groups excluding carboxylic acids is 2.